The van der Waals surface area contributed by atoms with Crippen molar-refractivity contribution in [2.45, 2.75) is 6.92 Å². The standard InChI is InChI=1S/C32H24N2Si/c1-23-19-27-29-21-33-18-17-30(29)34-22-31(28(20-23)32(27)34)35(24-11-5-2-6-12-24,25-13-7-3-8-14-25)26-15-9-4-10-16-26/h2-22H,1H3. The molecule has 3 aromatic heterocycles. The summed E-state index contributed by atoms with van der Waals surface area (Å²) in [4.78, 5) is 4.44. The van der Waals surface area contributed by atoms with Crippen molar-refractivity contribution in [1.29, 1.82) is 0 Å². The molecule has 35 heavy (non-hydrogen) atoms. The zero-order chi connectivity index (χ0) is 23.4. The number of fused-ring (bicyclic) bond motifs is 3. The first-order chi connectivity index (χ1) is 17.3. The summed E-state index contributed by atoms with van der Waals surface area (Å²) in [5.74, 6) is 0. The molecule has 166 valence electrons. The molecular weight excluding hydrogens is 440 g/mol. The highest BCUT2D eigenvalue weighted by molar-refractivity contribution is 7.20. The Morgan fingerprint density at radius 2 is 1.17 bits per heavy atom. The van der Waals surface area contributed by atoms with Gasteiger partial charge in [-0.15, -0.1) is 0 Å². The van der Waals surface area contributed by atoms with Gasteiger partial charge in [0.1, 0.15) is 0 Å². The Labute approximate surface area is 205 Å². The van der Waals surface area contributed by atoms with E-state index in [0.29, 0.717) is 0 Å². The number of pyridine rings is 1. The van der Waals surface area contributed by atoms with Gasteiger partial charge in [0.05, 0.1) is 11.0 Å². The van der Waals surface area contributed by atoms with Gasteiger partial charge in [-0.25, -0.2) is 0 Å². The largest absolute Gasteiger partial charge is 0.315 e. The normalized spacial score (nSPS) is 12.1. The van der Waals surface area contributed by atoms with Gasteiger partial charge < -0.3 is 4.40 Å². The molecule has 0 bridgehead atoms. The van der Waals surface area contributed by atoms with E-state index in [1.54, 1.807) is 0 Å². The molecule has 0 unspecified atom stereocenters. The molecular formula is C32H24N2Si. The van der Waals surface area contributed by atoms with Crippen molar-refractivity contribution in [3.63, 3.8) is 0 Å². The summed E-state index contributed by atoms with van der Waals surface area (Å²) < 4.78 is 2.41. The first-order valence-electron chi connectivity index (χ1n) is 12.1. The summed E-state index contributed by atoms with van der Waals surface area (Å²) in [7, 11) is -2.61. The molecule has 4 aromatic carbocycles. The van der Waals surface area contributed by atoms with E-state index < -0.39 is 8.07 Å². The van der Waals surface area contributed by atoms with Crippen LogP contribution in [0.15, 0.2) is 128 Å². The van der Waals surface area contributed by atoms with E-state index in [1.807, 2.05) is 12.4 Å². The average Bonchev–Trinajstić information content (AvgIpc) is 3.45. The third kappa shape index (κ3) is 2.79. The zero-order valence-corrected chi connectivity index (χ0v) is 20.5. The molecule has 0 atom stereocenters. The maximum atomic E-state index is 4.44. The van der Waals surface area contributed by atoms with E-state index in [0.717, 1.165) is 0 Å². The maximum Gasteiger partial charge on any atom is 0.181 e. The summed E-state index contributed by atoms with van der Waals surface area (Å²) >= 11 is 0. The van der Waals surface area contributed by atoms with Crippen molar-refractivity contribution in [1.82, 2.24) is 9.38 Å². The number of nitrogens with zero attached hydrogens (tertiary/aromatic N) is 2. The minimum atomic E-state index is -2.61. The van der Waals surface area contributed by atoms with Crippen LogP contribution in [0.25, 0.3) is 27.2 Å². The van der Waals surface area contributed by atoms with Gasteiger partial charge in [0.15, 0.2) is 8.07 Å². The minimum Gasteiger partial charge on any atom is -0.315 e. The SMILES string of the molecule is Cc1cc2c([Si](c3ccccc3)(c3ccccc3)c3ccccc3)cn3c4ccncc4c(c1)c23. The Bertz CT molecular complexity index is 1690. The molecule has 3 heteroatoms. The van der Waals surface area contributed by atoms with Crippen LogP contribution in [0, 0.1) is 6.92 Å². The lowest BCUT2D eigenvalue weighted by molar-refractivity contribution is 1.29. The quantitative estimate of drug-likeness (QED) is 0.271. The molecule has 0 aliphatic carbocycles. The summed E-state index contributed by atoms with van der Waals surface area (Å²) in [5.41, 5.74) is 3.79. The van der Waals surface area contributed by atoms with Gasteiger partial charge in [-0.1, -0.05) is 91.0 Å². The van der Waals surface area contributed by atoms with Crippen LogP contribution < -0.4 is 20.7 Å². The summed E-state index contributed by atoms with van der Waals surface area (Å²) in [6, 6.07) is 40.3. The van der Waals surface area contributed by atoms with Crippen LogP contribution in [-0.4, -0.2) is 17.5 Å². The van der Waals surface area contributed by atoms with Crippen LogP contribution >= 0.6 is 0 Å². The highest BCUT2D eigenvalue weighted by atomic mass is 28.3. The van der Waals surface area contributed by atoms with Crippen molar-refractivity contribution in [3.05, 3.63) is 133 Å². The number of aryl methyl sites for hydroxylation is 1. The van der Waals surface area contributed by atoms with Crippen molar-refractivity contribution in [3.8, 4) is 0 Å². The second-order valence-corrected chi connectivity index (χ2v) is 13.1. The average molecular weight is 465 g/mol. The first-order valence-corrected chi connectivity index (χ1v) is 14.1. The van der Waals surface area contributed by atoms with E-state index in [1.165, 1.54) is 53.5 Å². The van der Waals surface area contributed by atoms with Crippen LogP contribution in [0.5, 0.6) is 0 Å². The summed E-state index contributed by atoms with van der Waals surface area (Å²) in [6.45, 7) is 2.21. The Hall–Kier alpha value is -4.21. The Morgan fingerprint density at radius 1 is 0.629 bits per heavy atom. The van der Waals surface area contributed by atoms with Gasteiger partial charge >= 0.3 is 0 Å². The smallest absolute Gasteiger partial charge is 0.181 e. The molecule has 0 aliphatic rings. The second-order valence-electron chi connectivity index (χ2n) is 9.36. The minimum absolute atomic E-state index is 1.22. The topological polar surface area (TPSA) is 17.3 Å². The second kappa shape index (κ2) is 7.65. The first kappa shape index (κ1) is 20.2. The van der Waals surface area contributed by atoms with Crippen molar-refractivity contribution >= 4 is 56.0 Å². The Kier molecular flexibility index (Phi) is 4.41. The molecule has 0 saturated carbocycles. The fourth-order valence-corrected chi connectivity index (χ4v) is 11.0. The fraction of sp³-hybridized carbons (Fsp3) is 0.0312. The lowest BCUT2D eigenvalue weighted by atomic mass is 10.1. The summed E-state index contributed by atoms with van der Waals surface area (Å²) in [6.07, 6.45) is 6.34. The number of hydrogen-bond acceptors (Lipinski definition) is 1. The molecule has 7 rings (SSSR count). The van der Waals surface area contributed by atoms with E-state index in [2.05, 4.69) is 132 Å². The van der Waals surface area contributed by atoms with Crippen molar-refractivity contribution in [2.75, 3.05) is 0 Å². The molecule has 3 heterocycles. The highest BCUT2D eigenvalue weighted by Gasteiger charge is 2.43. The van der Waals surface area contributed by atoms with Gasteiger partial charge in [0.25, 0.3) is 0 Å². The van der Waals surface area contributed by atoms with Crippen LogP contribution in [0.1, 0.15) is 5.56 Å². The monoisotopic (exact) mass is 464 g/mol. The molecule has 0 amide bonds. The van der Waals surface area contributed by atoms with Gasteiger partial charge in [0, 0.05) is 34.7 Å². The highest BCUT2D eigenvalue weighted by Crippen LogP contribution is 2.33. The number of rotatable bonds is 4. The zero-order valence-electron chi connectivity index (χ0n) is 19.5. The maximum absolute atomic E-state index is 4.44. The van der Waals surface area contributed by atoms with Gasteiger partial charge in [0.2, 0.25) is 0 Å². The van der Waals surface area contributed by atoms with E-state index in [4.69, 9.17) is 0 Å². The molecule has 7 aromatic rings. The molecule has 0 radical (unpaired) electrons. The predicted molar refractivity (Wildman–Crippen MR) is 150 cm³/mol. The predicted octanol–water partition coefficient (Wildman–Crippen LogP) is 4.76. The molecule has 0 spiro atoms. The fourth-order valence-electron chi connectivity index (χ4n) is 6.04. The lowest BCUT2D eigenvalue weighted by Crippen LogP contribution is -2.74. The van der Waals surface area contributed by atoms with Gasteiger partial charge in [-0.05, 0) is 51.4 Å². The molecule has 0 saturated heterocycles. The van der Waals surface area contributed by atoms with Crippen LogP contribution in [0.2, 0.25) is 0 Å². The molecule has 0 N–H and O–H groups in total. The van der Waals surface area contributed by atoms with Gasteiger partial charge in [-0.3, -0.25) is 4.98 Å². The number of benzene rings is 4. The van der Waals surface area contributed by atoms with E-state index >= 15 is 0 Å². The van der Waals surface area contributed by atoms with E-state index in [9.17, 15) is 0 Å². The number of hydrogen-bond donors (Lipinski definition) is 0. The molecule has 0 aliphatic heterocycles. The van der Waals surface area contributed by atoms with E-state index in [-0.39, 0.29) is 0 Å². The third-order valence-corrected chi connectivity index (χ3v) is 12.2. The number of aromatic nitrogens is 2. The van der Waals surface area contributed by atoms with Crippen LogP contribution in [0.4, 0.5) is 0 Å². The van der Waals surface area contributed by atoms with Crippen LogP contribution in [-0.2, 0) is 0 Å². The van der Waals surface area contributed by atoms with Crippen LogP contribution in [0.3, 0.4) is 0 Å². The third-order valence-electron chi connectivity index (χ3n) is 7.42. The van der Waals surface area contributed by atoms with Crippen molar-refractivity contribution in [2.24, 2.45) is 0 Å². The molecule has 2 nitrogen and oxygen atoms in total. The lowest BCUT2D eigenvalue weighted by Gasteiger charge is -2.34. The Balaban J connectivity index is 1.72. The summed E-state index contributed by atoms with van der Waals surface area (Å²) in [5, 5.41) is 9.48. The van der Waals surface area contributed by atoms with Crippen molar-refractivity contribution < 1.29 is 0 Å². The Morgan fingerprint density at radius 3 is 1.74 bits per heavy atom. The molecule has 0 fully saturated rings. The van der Waals surface area contributed by atoms with Gasteiger partial charge in [-0.2, -0.15) is 0 Å².